The van der Waals surface area contributed by atoms with Crippen LogP contribution in [-0.4, -0.2) is 14.5 Å². The molecule has 3 heterocycles. The molecule has 0 saturated carbocycles. The van der Waals surface area contributed by atoms with Crippen LogP contribution in [0, 0.1) is 18.6 Å². The lowest BCUT2D eigenvalue weighted by atomic mass is 10.1. The summed E-state index contributed by atoms with van der Waals surface area (Å²) in [4.78, 5) is 17.8. The monoisotopic (exact) mass is 420 g/mol. The highest BCUT2D eigenvalue weighted by atomic mass is 35.5. The van der Waals surface area contributed by atoms with Crippen LogP contribution in [0.3, 0.4) is 0 Å². The number of thiazole rings is 1. The maximum absolute atomic E-state index is 14.4. The fraction of sp³-hybridized carbons (Fsp3) is 0.105. The molecule has 0 unspecified atom stereocenters. The van der Waals surface area contributed by atoms with Crippen molar-refractivity contribution in [2.75, 3.05) is 0 Å². The molecule has 9 heteroatoms. The molecule has 1 aromatic carbocycles. The third-order valence-corrected chi connectivity index (χ3v) is 5.47. The lowest BCUT2D eigenvalue weighted by Gasteiger charge is -2.11. The summed E-state index contributed by atoms with van der Waals surface area (Å²) in [6, 6.07) is 6.32. The van der Waals surface area contributed by atoms with Crippen molar-refractivity contribution in [3.8, 4) is 17.0 Å². The Balaban J connectivity index is 2.08. The van der Waals surface area contributed by atoms with E-state index in [1.807, 2.05) is 0 Å². The lowest BCUT2D eigenvalue weighted by Crippen LogP contribution is -2.41. The van der Waals surface area contributed by atoms with Crippen molar-refractivity contribution in [1.82, 2.24) is 9.38 Å². The van der Waals surface area contributed by atoms with Crippen molar-refractivity contribution in [3.05, 3.63) is 79.6 Å². The van der Waals surface area contributed by atoms with E-state index in [9.17, 15) is 18.7 Å². The van der Waals surface area contributed by atoms with E-state index in [2.05, 4.69) is 4.98 Å². The number of aromatic hydroxyl groups is 1. The van der Waals surface area contributed by atoms with Gasteiger partial charge >= 0.3 is 5.56 Å². The lowest BCUT2D eigenvalue weighted by molar-refractivity contribution is -0.671. The number of benzene rings is 1. The van der Waals surface area contributed by atoms with Crippen molar-refractivity contribution in [3.63, 3.8) is 0 Å². The number of hydrogen-bond donors (Lipinski definition) is 1. The van der Waals surface area contributed by atoms with Crippen molar-refractivity contribution < 1.29 is 18.5 Å². The van der Waals surface area contributed by atoms with Gasteiger partial charge in [-0.1, -0.05) is 11.6 Å². The summed E-state index contributed by atoms with van der Waals surface area (Å²) < 4.78 is 30.9. The second kappa shape index (κ2) is 6.96. The largest absolute Gasteiger partial charge is 0.477 e. The fourth-order valence-corrected chi connectivity index (χ4v) is 4.12. The quantitative estimate of drug-likeness (QED) is 0.514. The minimum absolute atomic E-state index is 0.167. The van der Waals surface area contributed by atoms with Gasteiger partial charge in [0.25, 0.3) is 11.5 Å². The number of hydrogen-bond acceptors (Lipinski definition) is 4. The number of aryl methyl sites for hydroxylation is 1. The van der Waals surface area contributed by atoms with E-state index in [-0.39, 0.29) is 17.7 Å². The second-order valence-corrected chi connectivity index (χ2v) is 7.88. The minimum Gasteiger partial charge on any atom is -0.477 e. The summed E-state index contributed by atoms with van der Waals surface area (Å²) in [6.07, 6.45) is 3.10. The van der Waals surface area contributed by atoms with Crippen LogP contribution < -0.4 is 10.1 Å². The Labute approximate surface area is 166 Å². The van der Waals surface area contributed by atoms with Crippen LogP contribution in [0.2, 0.25) is 4.47 Å². The summed E-state index contributed by atoms with van der Waals surface area (Å²) >= 11 is 7.13. The number of aromatic nitrogens is 3. The molecule has 142 valence electrons. The number of nitrogens with zero attached hydrogens (tertiary/aromatic N) is 3. The standard InChI is InChI=1S/C19H12ClF2N3O2S/c1-10-3-2-6-24-16(10)25(9-12-8-23-19(20)28-12)18(27)15(17(24)26)13-5-4-11(21)7-14(13)22/h2-8H,9H2,1H3/p+1. The van der Waals surface area contributed by atoms with E-state index in [4.69, 9.17) is 11.6 Å². The molecule has 0 aliphatic carbocycles. The van der Waals surface area contributed by atoms with Gasteiger partial charge in [0.05, 0.1) is 11.1 Å². The van der Waals surface area contributed by atoms with Gasteiger partial charge < -0.3 is 5.11 Å². The summed E-state index contributed by atoms with van der Waals surface area (Å²) in [5, 5.41) is 10.9. The van der Waals surface area contributed by atoms with Crippen LogP contribution in [-0.2, 0) is 6.54 Å². The van der Waals surface area contributed by atoms with E-state index >= 15 is 0 Å². The van der Waals surface area contributed by atoms with Crippen LogP contribution in [0.15, 0.2) is 47.5 Å². The maximum atomic E-state index is 14.4. The first-order chi connectivity index (χ1) is 13.4. The van der Waals surface area contributed by atoms with E-state index in [0.717, 1.165) is 22.6 Å². The first-order valence-electron chi connectivity index (χ1n) is 8.19. The highest BCUT2D eigenvalue weighted by molar-refractivity contribution is 7.15. The van der Waals surface area contributed by atoms with Crippen LogP contribution in [0.25, 0.3) is 16.8 Å². The van der Waals surface area contributed by atoms with Gasteiger partial charge in [-0.15, -0.1) is 11.3 Å². The van der Waals surface area contributed by atoms with Gasteiger partial charge in [-0.2, -0.15) is 8.97 Å². The van der Waals surface area contributed by atoms with E-state index in [0.29, 0.717) is 16.2 Å². The molecule has 3 aromatic heterocycles. The predicted molar refractivity (Wildman–Crippen MR) is 102 cm³/mol. The number of pyridine rings is 1. The zero-order valence-electron chi connectivity index (χ0n) is 14.5. The van der Waals surface area contributed by atoms with Gasteiger partial charge in [0.2, 0.25) is 0 Å². The summed E-state index contributed by atoms with van der Waals surface area (Å²) in [5.74, 6) is -2.13. The van der Waals surface area contributed by atoms with Crippen molar-refractivity contribution in [1.29, 1.82) is 0 Å². The third kappa shape index (κ3) is 3.04. The molecule has 1 N–H and O–H groups in total. The van der Waals surface area contributed by atoms with Crippen LogP contribution in [0.1, 0.15) is 10.4 Å². The van der Waals surface area contributed by atoms with Crippen molar-refractivity contribution in [2.24, 2.45) is 0 Å². The topological polar surface area (TPSA) is 58.5 Å². The Morgan fingerprint density at radius 2 is 2.11 bits per heavy atom. The third-order valence-electron chi connectivity index (χ3n) is 4.37. The molecule has 28 heavy (non-hydrogen) atoms. The SMILES string of the molecule is Cc1cccn2c(=O)c(-c3ccc(F)cc3F)c(O)[n+](Cc3cnc(Cl)s3)c12. The molecule has 5 nitrogen and oxygen atoms in total. The van der Waals surface area contributed by atoms with Gasteiger partial charge in [-0.05, 0) is 31.2 Å². The molecule has 4 aromatic rings. The van der Waals surface area contributed by atoms with Crippen LogP contribution in [0.4, 0.5) is 8.78 Å². The molecule has 4 rings (SSSR count). The maximum Gasteiger partial charge on any atom is 0.354 e. The number of halogens is 3. The van der Waals surface area contributed by atoms with Crippen molar-refractivity contribution >= 4 is 28.6 Å². The zero-order chi connectivity index (χ0) is 20.0. The summed E-state index contributed by atoms with van der Waals surface area (Å²) in [6.45, 7) is 1.96. The second-order valence-electron chi connectivity index (χ2n) is 6.18. The molecule has 0 aliphatic heterocycles. The van der Waals surface area contributed by atoms with E-state index in [1.54, 1.807) is 25.3 Å². The first-order valence-corrected chi connectivity index (χ1v) is 9.38. The predicted octanol–water partition coefficient (Wildman–Crippen LogP) is 3.70. The number of fused-ring (bicyclic) bond motifs is 1. The van der Waals surface area contributed by atoms with Crippen molar-refractivity contribution in [2.45, 2.75) is 13.5 Å². The first kappa shape index (κ1) is 18.5. The molecule has 0 fully saturated rings. The average molecular weight is 421 g/mol. The van der Waals surface area contributed by atoms with Gasteiger partial charge in [-0.25, -0.2) is 18.6 Å². The number of rotatable bonds is 3. The molecular formula is C19H13ClF2N3O2S+. The molecule has 0 spiro atoms. The Morgan fingerprint density at radius 3 is 2.79 bits per heavy atom. The molecule has 0 radical (unpaired) electrons. The Hall–Kier alpha value is -2.84. The Kier molecular flexibility index (Phi) is 4.60. The van der Waals surface area contributed by atoms with E-state index < -0.39 is 23.1 Å². The van der Waals surface area contributed by atoms with Gasteiger partial charge in [0.15, 0.2) is 10.0 Å². The molecule has 0 saturated heterocycles. The Morgan fingerprint density at radius 1 is 1.32 bits per heavy atom. The van der Waals surface area contributed by atoms with Gasteiger partial charge in [0, 0.05) is 23.4 Å². The van der Waals surface area contributed by atoms with E-state index in [1.165, 1.54) is 26.5 Å². The minimum atomic E-state index is -0.938. The molecule has 0 amide bonds. The smallest absolute Gasteiger partial charge is 0.354 e. The van der Waals surface area contributed by atoms with Gasteiger partial charge in [-0.3, -0.25) is 0 Å². The highest BCUT2D eigenvalue weighted by Crippen LogP contribution is 2.28. The van der Waals surface area contributed by atoms with Gasteiger partial charge in [0.1, 0.15) is 18.2 Å². The molecule has 0 bridgehead atoms. The average Bonchev–Trinajstić information content (AvgIpc) is 3.05. The molecule has 0 aliphatic rings. The Bertz CT molecular complexity index is 1290. The van der Waals surface area contributed by atoms with Crippen LogP contribution >= 0.6 is 22.9 Å². The van der Waals surface area contributed by atoms with Crippen LogP contribution in [0.5, 0.6) is 5.88 Å². The summed E-state index contributed by atoms with van der Waals surface area (Å²) in [7, 11) is 0. The highest BCUT2D eigenvalue weighted by Gasteiger charge is 2.28. The summed E-state index contributed by atoms with van der Waals surface area (Å²) in [5.41, 5.74) is 0.129. The molecular weight excluding hydrogens is 408 g/mol. The normalized spacial score (nSPS) is 11.3. The molecule has 0 atom stereocenters. The zero-order valence-corrected chi connectivity index (χ0v) is 16.1. The fourth-order valence-electron chi connectivity index (χ4n) is 3.16.